The lowest BCUT2D eigenvalue weighted by Gasteiger charge is -2.29. The first kappa shape index (κ1) is 21.9. The van der Waals surface area contributed by atoms with E-state index < -0.39 is 32.5 Å². The highest BCUT2D eigenvalue weighted by Crippen LogP contribution is 2.34. The second kappa shape index (κ2) is 7.97. The largest absolute Gasteiger partial charge is 0.473 e. The number of benzene rings is 1. The Morgan fingerprint density at radius 1 is 1.16 bits per heavy atom. The van der Waals surface area contributed by atoms with E-state index in [1.54, 1.807) is 0 Å². The molecule has 1 fully saturated rings. The van der Waals surface area contributed by atoms with Gasteiger partial charge in [0.2, 0.25) is 5.88 Å². The molecule has 10 nitrogen and oxygen atoms in total. The Morgan fingerprint density at radius 3 is 2.47 bits per heavy atom. The van der Waals surface area contributed by atoms with Gasteiger partial charge in [-0.15, -0.1) is 0 Å². The average Bonchev–Trinajstić information content (AvgIpc) is 3.06. The zero-order chi connectivity index (χ0) is 23.2. The molecule has 1 N–H and O–H groups in total. The zero-order valence-electron chi connectivity index (χ0n) is 17.1. The van der Waals surface area contributed by atoms with Crippen molar-refractivity contribution in [3.05, 3.63) is 30.1 Å². The van der Waals surface area contributed by atoms with E-state index in [1.807, 2.05) is 0 Å². The van der Waals surface area contributed by atoms with Gasteiger partial charge in [-0.25, -0.2) is 27.0 Å². The maximum absolute atomic E-state index is 14.8. The molecule has 0 aliphatic carbocycles. The Kier molecular flexibility index (Phi) is 5.44. The van der Waals surface area contributed by atoms with E-state index in [9.17, 15) is 22.0 Å². The standard InChI is InChI=1S/C19H19F2N5O5S/c1-25-17(11-7-13(21)14(8-12(11)20)32(2,29)30)15-16(24-25)18(23-9-22-15)31-10-3-5-26(6-4-10)19(27)28/h7-10H,3-6H2,1-2H3,(H,27,28). The summed E-state index contributed by atoms with van der Waals surface area (Å²) in [4.78, 5) is 19.9. The summed E-state index contributed by atoms with van der Waals surface area (Å²) in [5.74, 6) is -1.90. The molecular formula is C19H19F2N5O5S. The summed E-state index contributed by atoms with van der Waals surface area (Å²) in [5.41, 5.74) is 0.340. The summed E-state index contributed by atoms with van der Waals surface area (Å²) in [6.07, 6.45) is 1.64. The van der Waals surface area contributed by atoms with Crippen LogP contribution in [0.1, 0.15) is 12.8 Å². The van der Waals surface area contributed by atoms with E-state index in [-0.39, 0.29) is 34.3 Å². The van der Waals surface area contributed by atoms with E-state index in [0.717, 1.165) is 12.3 Å². The maximum atomic E-state index is 14.8. The number of carbonyl (C=O) groups is 1. The van der Waals surface area contributed by atoms with Gasteiger partial charge in [-0.3, -0.25) is 4.68 Å². The minimum Gasteiger partial charge on any atom is -0.473 e. The van der Waals surface area contributed by atoms with Gasteiger partial charge in [-0.05, 0) is 12.1 Å². The normalized spacial score (nSPS) is 15.3. The van der Waals surface area contributed by atoms with E-state index in [0.29, 0.717) is 32.0 Å². The fourth-order valence-electron chi connectivity index (χ4n) is 3.68. The highest BCUT2D eigenvalue weighted by molar-refractivity contribution is 7.90. The molecule has 0 spiro atoms. The monoisotopic (exact) mass is 467 g/mol. The van der Waals surface area contributed by atoms with E-state index in [2.05, 4.69) is 15.1 Å². The van der Waals surface area contributed by atoms with Crippen LogP contribution < -0.4 is 4.74 Å². The van der Waals surface area contributed by atoms with Gasteiger partial charge in [0, 0.05) is 44.8 Å². The second-order valence-electron chi connectivity index (χ2n) is 7.47. The summed E-state index contributed by atoms with van der Waals surface area (Å²) in [7, 11) is -2.44. The predicted molar refractivity (Wildman–Crippen MR) is 108 cm³/mol. The zero-order valence-corrected chi connectivity index (χ0v) is 17.9. The van der Waals surface area contributed by atoms with Crippen LogP contribution in [0.15, 0.2) is 23.4 Å². The molecule has 3 aromatic rings. The highest BCUT2D eigenvalue weighted by atomic mass is 32.2. The van der Waals surface area contributed by atoms with Crippen molar-refractivity contribution in [2.45, 2.75) is 23.8 Å². The fourth-order valence-corrected chi connectivity index (χ4v) is 4.42. The van der Waals surface area contributed by atoms with Crippen molar-refractivity contribution in [3.63, 3.8) is 0 Å². The lowest BCUT2D eigenvalue weighted by molar-refractivity contribution is 0.0878. The number of ether oxygens (including phenoxy) is 1. The number of piperidine rings is 1. The molecule has 4 rings (SSSR count). The van der Waals surface area contributed by atoms with Crippen LogP contribution in [-0.4, -0.2) is 69.7 Å². The predicted octanol–water partition coefficient (Wildman–Crippen LogP) is 2.23. The molecule has 0 unspecified atom stereocenters. The lowest BCUT2D eigenvalue weighted by atomic mass is 10.1. The third-order valence-corrected chi connectivity index (χ3v) is 6.37. The van der Waals surface area contributed by atoms with Crippen molar-refractivity contribution in [1.82, 2.24) is 24.6 Å². The van der Waals surface area contributed by atoms with Crippen molar-refractivity contribution in [3.8, 4) is 17.1 Å². The van der Waals surface area contributed by atoms with Crippen molar-refractivity contribution < 1.29 is 31.8 Å². The number of rotatable bonds is 4. The molecule has 0 bridgehead atoms. The minimum absolute atomic E-state index is 0.129. The smallest absolute Gasteiger partial charge is 0.407 e. The maximum Gasteiger partial charge on any atom is 0.407 e. The van der Waals surface area contributed by atoms with E-state index in [4.69, 9.17) is 9.84 Å². The summed E-state index contributed by atoms with van der Waals surface area (Å²) < 4.78 is 59.8. The summed E-state index contributed by atoms with van der Waals surface area (Å²) >= 11 is 0. The molecule has 32 heavy (non-hydrogen) atoms. The molecule has 1 saturated heterocycles. The van der Waals surface area contributed by atoms with Gasteiger partial charge >= 0.3 is 6.09 Å². The molecule has 1 aromatic carbocycles. The molecule has 13 heteroatoms. The Morgan fingerprint density at radius 2 is 1.84 bits per heavy atom. The Balaban J connectivity index is 1.71. The number of aromatic nitrogens is 4. The first-order chi connectivity index (χ1) is 15.1. The minimum atomic E-state index is -3.95. The molecule has 1 amide bonds. The lowest BCUT2D eigenvalue weighted by Crippen LogP contribution is -2.41. The van der Waals surface area contributed by atoms with Gasteiger partial charge in [0.25, 0.3) is 0 Å². The summed E-state index contributed by atoms with van der Waals surface area (Å²) in [5, 5.41) is 13.4. The van der Waals surface area contributed by atoms with Crippen LogP contribution in [0.2, 0.25) is 0 Å². The van der Waals surface area contributed by atoms with Crippen molar-refractivity contribution >= 4 is 27.0 Å². The van der Waals surface area contributed by atoms with Crippen LogP contribution >= 0.6 is 0 Å². The number of hydrogen-bond donors (Lipinski definition) is 1. The SMILES string of the molecule is Cn1nc2c(OC3CCN(C(=O)O)CC3)ncnc2c1-c1cc(F)c(S(C)(=O)=O)cc1F. The summed E-state index contributed by atoms with van der Waals surface area (Å²) in [6.45, 7) is 0.637. The summed E-state index contributed by atoms with van der Waals surface area (Å²) in [6, 6.07) is 1.43. The third-order valence-electron chi connectivity index (χ3n) is 5.25. The number of nitrogens with zero attached hydrogens (tertiary/aromatic N) is 5. The van der Waals surface area contributed by atoms with E-state index in [1.165, 1.54) is 23.0 Å². The third kappa shape index (κ3) is 3.95. The molecular weight excluding hydrogens is 448 g/mol. The molecule has 1 aliphatic heterocycles. The van der Waals surface area contributed by atoms with E-state index >= 15 is 0 Å². The number of likely N-dealkylation sites (tertiary alicyclic amines) is 1. The van der Waals surface area contributed by atoms with Crippen molar-refractivity contribution in [1.29, 1.82) is 0 Å². The number of fused-ring (bicyclic) bond motifs is 1. The van der Waals surface area contributed by atoms with Gasteiger partial charge in [0.05, 0.1) is 5.69 Å². The first-order valence-corrected chi connectivity index (χ1v) is 11.5. The van der Waals surface area contributed by atoms with Crippen LogP contribution in [-0.2, 0) is 16.9 Å². The van der Waals surface area contributed by atoms with Crippen LogP contribution in [0, 0.1) is 11.6 Å². The molecule has 170 valence electrons. The highest BCUT2D eigenvalue weighted by Gasteiger charge is 2.27. The van der Waals surface area contributed by atoms with Gasteiger partial charge in [0.1, 0.15) is 34.5 Å². The van der Waals surface area contributed by atoms with Crippen LogP contribution in [0.25, 0.3) is 22.3 Å². The Labute approximate surface area is 181 Å². The van der Waals surface area contributed by atoms with Crippen LogP contribution in [0.5, 0.6) is 5.88 Å². The number of amides is 1. The molecule has 3 heterocycles. The number of carboxylic acid groups (broad SMARTS) is 1. The van der Waals surface area contributed by atoms with Crippen LogP contribution in [0.3, 0.4) is 0 Å². The second-order valence-corrected chi connectivity index (χ2v) is 9.45. The average molecular weight is 467 g/mol. The number of sulfone groups is 1. The molecule has 0 saturated carbocycles. The van der Waals surface area contributed by atoms with Gasteiger partial charge in [0.15, 0.2) is 15.4 Å². The number of aryl methyl sites for hydroxylation is 1. The molecule has 2 aromatic heterocycles. The quantitative estimate of drug-likeness (QED) is 0.619. The number of hydrogen-bond acceptors (Lipinski definition) is 7. The first-order valence-electron chi connectivity index (χ1n) is 9.58. The Bertz CT molecular complexity index is 1320. The molecule has 0 radical (unpaired) electrons. The fraction of sp³-hybridized carbons (Fsp3) is 0.368. The Hall–Kier alpha value is -3.35. The van der Waals surface area contributed by atoms with Crippen molar-refractivity contribution in [2.75, 3.05) is 19.3 Å². The van der Waals surface area contributed by atoms with Gasteiger partial charge in [-0.2, -0.15) is 10.1 Å². The van der Waals surface area contributed by atoms with Crippen LogP contribution in [0.4, 0.5) is 13.6 Å². The van der Waals surface area contributed by atoms with Crippen molar-refractivity contribution in [2.24, 2.45) is 7.05 Å². The molecule has 1 aliphatic rings. The molecule has 0 atom stereocenters. The number of halogens is 2. The topological polar surface area (TPSA) is 128 Å². The van der Waals surface area contributed by atoms with Gasteiger partial charge in [-0.1, -0.05) is 0 Å². The van der Waals surface area contributed by atoms with Gasteiger partial charge < -0.3 is 14.7 Å².